The molecule has 34 heavy (non-hydrogen) atoms. The maximum Gasteiger partial charge on any atom is 0.233 e. The molecule has 1 amide bonds. The number of aromatic nitrogens is 3. The van der Waals surface area contributed by atoms with E-state index in [4.69, 9.17) is 9.47 Å². The second-order valence-corrected chi connectivity index (χ2v) is 9.88. The molecule has 2 aliphatic heterocycles. The highest BCUT2D eigenvalue weighted by Gasteiger charge is 2.23. The molecule has 1 aromatic heterocycles. The average molecular weight is 480 g/mol. The fourth-order valence-corrected chi connectivity index (χ4v) is 5.14. The summed E-state index contributed by atoms with van der Waals surface area (Å²) in [5, 5.41) is 12.4. The van der Waals surface area contributed by atoms with Gasteiger partial charge in [-0.2, -0.15) is 0 Å². The van der Waals surface area contributed by atoms with Gasteiger partial charge in [0.15, 0.2) is 22.5 Å². The van der Waals surface area contributed by atoms with Crippen LogP contribution < -0.4 is 14.8 Å². The first-order valence-electron chi connectivity index (χ1n) is 11.7. The number of nitrogens with zero attached hydrogens (tertiary/aromatic N) is 4. The van der Waals surface area contributed by atoms with Gasteiger partial charge in [-0.05, 0) is 62.7 Å². The van der Waals surface area contributed by atoms with Crippen LogP contribution in [-0.2, 0) is 17.9 Å². The quantitative estimate of drug-likeness (QED) is 0.493. The Morgan fingerprint density at radius 2 is 1.85 bits per heavy atom. The maximum absolute atomic E-state index is 12.9. The van der Waals surface area contributed by atoms with Crippen LogP contribution in [0.1, 0.15) is 37.6 Å². The number of fused-ring (bicyclic) bond motifs is 1. The molecule has 1 atom stereocenters. The summed E-state index contributed by atoms with van der Waals surface area (Å²) in [5.41, 5.74) is 1.97. The lowest BCUT2D eigenvalue weighted by atomic mass is 10.1. The normalized spacial score (nSPS) is 16.4. The third kappa shape index (κ3) is 5.20. The standard InChI is InChI=1S/C25H29N5O3S/c1-18(24(31)26-15-19-10-11-21-22(14-19)33-17-32-21)34-25-28-27-23(16-29-12-6-3-7-13-29)30(25)20-8-4-2-5-9-20/h2,4-5,8-11,14,18H,3,6-7,12-13,15-17H2,1H3,(H,26,31). The molecule has 0 radical (unpaired) electrons. The van der Waals surface area contributed by atoms with Crippen LogP contribution in [0.5, 0.6) is 11.5 Å². The van der Waals surface area contributed by atoms with Gasteiger partial charge in [0, 0.05) is 12.2 Å². The van der Waals surface area contributed by atoms with Gasteiger partial charge in [-0.25, -0.2) is 0 Å². The number of hydrogen-bond donors (Lipinski definition) is 1. The van der Waals surface area contributed by atoms with Gasteiger partial charge in [-0.1, -0.05) is 42.4 Å². The number of amides is 1. The first-order valence-corrected chi connectivity index (χ1v) is 12.6. The van der Waals surface area contributed by atoms with Crippen molar-refractivity contribution in [3.8, 4) is 17.2 Å². The van der Waals surface area contributed by atoms with E-state index in [-0.39, 0.29) is 18.0 Å². The van der Waals surface area contributed by atoms with Crippen LogP contribution in [0.15, 0.2) is 53.7 Å². The molecule has 1 N–H and O–H groups in total. The molecule has 3 heterocycles. The molecule has 2 aromatic carbocycles. The van der Waals surface area contributed by atoms with E-state index in [1.807, 2.05) is 43.3 Å². The number of carbonyl (C=O) groups excluding carboxylic acids is 1. The van der Waals surface area contributed by atoms with E-state index in [0.29, 0.717) is 12.3 Å². The summed E-state index contributed by atoms with van der Waals surface area (Å²) in [6, 6.07) is 15.8. The second kappa shape index (κ2) is 10.5. The van der Waals surface area contributed by atoms with E-state index in [2.05, 4.69) is 37.1 Å². The van der Waals surface area contributed by atoms with Crippen molar-refractivity contribution in [3.05, 3.63) is 59.9 Å². The lowest BCUT2D eigenvalue weighted by Crippen LogP contribution is -2.31. The second-order valence-electron chi connectivity index (χ2n) is 8.57. The summed E-state index contributed by atoms with van der Waals surface area (Å²) in [6.45, 7) is 5.49. The fourth-order valence-electron chi connectivity index (χ4n) is 4.23. The zero-order chi connectivity index (χ0) is 23.3. The number of likely N-dealkylation sites (tertiary alicyclic amines) is 1. The molecule has 0 bridgehead atoms. The first kappa shape index (κ1) is 22.7. The molecule has 1 saturated heterocycles. The predicted octanol–water partition coefficient (Wildman–Crippen LogP) is 3.78. The highest BCUT2D eigenvalue weighted by Crippen LogP contribution is 2.32. The molecule has 0 spiro atoms. The summed E-state index contributed by atoms with van der Waals surface area (Å²) in [7, 11) is 0. The Hall–Kier alpha value is -3.04. The number of rotatable bonds is 8. The van der Waals surface area contributed by atoms with Crippen molar-refractivity contribution in [1.82, 2.24) is 25.0 Å². The number of hydrogen-bond acceptors (Lipinski definition) is 7. The SMILES string of the molecule is CC(Sc1nnc(CN2CCCCC2)n1-c1ccccc1)C(=O)NCc1ccc2c(c1)OCO2. The van der Waals surface area contributed by atoms with Crippen LogP contribution in [0.25, 0.3) is 5.69 Å². The van der Waals surface area contributed by atoms with Crippen LogP contribution in [0.2, 0.25) is 0 Å². The molecule has 178 valence electrons. The predicted molar refractivity (Wildman–Crippen MR) is 130 cm³/mol. The number of carbonyl (C=O) groups is 1. The Kier molecular flexibility index (Phi) is 7.01. The Morgan fingerprint density at radius 1 is 1.06 bits per heavy atom. The Morgan fingerprint density at radius 3 is 2.68 bits per heavy atom. The molecule has 8 nitrogen and oxygen atoms in total. The molecule has 3 aromatic rings. The minimum atomic E-state index is -0.330. The van der Waals surface area contributed by atoms with Gasteiger partial charge in [0.2, 0.25) is 12.7 Å². The van der Waals surface area contributed by atoms with E-state index < -0.39 is 0 Å². The van der Waals surface area contributed by atoms with Crippen molar-refractivity contribution < 1.29 is 14.3 Å². The fraction of sp³-hybridized carbons (Fsp3) is 0.400. The molecule has 5 rings (SSSR count). The van der Waals surface area contributed by atoms with Crippen molar-refractivity contribution in [2.24, 2.45) is 0 Å². The number of thioether (sulfide) groups is 1. The average Bonchev–Trinajstić information content (AvgIpc) is 3.50. The van der Waals surface area contributed by atoms with Gasteiger partial charge in [0.05, 0.1) is 11.8 Å². The molecule has 2 aliphatic rings. The van der Waals surface area contributed by atoms with Crippen molar-refractivity contribution in [1.29, 1.82) is 0 Å². The van der Waals surface area contributed by atoms with Crippen molar-refractivity contribution in [2.75, 3.05) is 19.9 Å². The number of para-hydroxylation sites is 1. The van der Waals surface area contributed by atoms with Gasteiger partial charge in [0.1, 0.15) is 0 Å². The van der Waals surface area contributed by atoms with Crippen LogP contribution in [0.4, 0.5) is 0 Å². The highest BCUT2D eigenvalue weighted by atomic mass is 32.2. The number of benzene rings is 2. The number of piperidine rings is 1. The minimum absolute atomic E-state index is 0.0529. The largest absolute Gasteiger partial charge is 0.454 e. The van der Waals surface area contributed by atoms with Gasteiger partial charge >= 0.3 is 0 Å². The smallest absolute Gasteiger partial charge is 0.233 e. The summed E-state index contributed by atoms with van der Waals surface area (Å²) in [6.07, 6.45) is 3.74. The lowest BCUT2D eigenvalue weighted by Gasteiger charge is -2.26. The Bertz CT molecular complexity index is 1130. The topological polar surface area (TPSA) is 81.5 Å². The third-order valence-electron chi connectivity index (χ3n) is 6.08. The van der Waals surface area contributed by atoms with Crippen molar-refractivity contribution in [3.63, 3.8) is 0 Å². The molecule has 0 saturated carbocycles. The van der Waals surface area contributed by atoms with Gasteiger partial charge in [-0.3, -0.25) is 14.3 Å². The van der Waals surface area contributed by atoms with Crippen molar-refractivity contribution >= 4 is 17.7 Å². The van der Waals surface area contributed by atoms with Crippen LogP contribution in [-0.4, -0.2) is 50.7 Å². The summed E-state index contributed by atoms with van der Waals surface area (Å²) < 4.78 is 12.9. The summed E-state index contributed by atoms with van der Waals surface area (Å²) in [4.78, 5) is 15.3. The van der Waals surface area contributed by atoms with Gasteiger partial charge < -0.3 is 14.8 Å². The van der Waals surface area contributed by atoms with Crippen molar-refractivity contribution in [2.45, 2.75) is 49.7 Å². The minimum Gasteiger partial charge on any atom is -0.454 e. The zero-order valence-electron chi connectivity index (χ0n) is 19.3. The first-order chi connectivity index (χ1) is 16.7. The van der Waals surface area contributed by atoms with Gasteiger partial charge in [-0.15, -0.1) is 10.2 Å². The Balaban J connectivity index is 1.27. The number of nitrogens with one attached hydrogen (secondary N) is 1. The molecule has 1 unspecified atom stereocenters. The van der Waals surface area contributed by atoms with E-state index in [1.54, 1.807) is 0 Å². The Labute approximate surface area is 203 Å². The van der Waals surface area contributed by atoms with Gasteiger partial charge in [0.25, 0.3) is 0 Å². The number of ether oxygens (including phenoxy) is 2. The van der Waals surface area contributed by atoms with Crippen LogP contribution in [0.3, 0.4) is 0 Å². The van der Waals surface area contributed by atoms with E-state index in [1.165, 1.54) is 31.0 Å². The highest BCUT2D eigenvalue weighted by molar-refractivity contribution is 8.00. The molecule has 0 aliphatic carbocycles. The molecule has 9 heteroatoms. The van der Waals surface area contributed by atoms with E-state index >= 15 is 0 Å². The zero-order valence-corrected chi connectivity index (χ0v) is 20.1. The van der Waals surface area contributed by atoms with E-state index in [9.17, 15) is 4.79 Å². The molecular formula is C25H29N5O3S. The molecular weight excluding hydrogens is 450 g/mol. The summed E-state index contributed by atoms with van der Waals surface area (Å²) in [5.74, 6) is 2.30. The lowest BCUT2D eigenvalue weighted by molar-refractivity contribution is -0.120. The maximum atomic E-state index is 12.9. The third-order valence-corrected chi connectivity index (χ3v) is 7.13. The van der Waals surface area contributed by atoms with E-state index in [0.717, 1.165) is 47.6 Å². The monoisotopic (exact) mass is 479 g/mol. The van der Waals surface area contributed by atoms with Crippen LogP contribution >= 0.6 is 11.8 Å². The summed E-state index contributed by atoms with van der Waals surface area (Å²) >= 11 is 1.43. The van der Waals surface area contributed by atoms with Crippen LogP contribution in [0, 0.1) is 0 Å². The molecule has 1 fully saturated rings.